The van der Waals surface area contributed by atoms with Crippen LogP contribution >= 0.6 is 0 Å². The Balaban J connectivity index is 2.85. The van der Waals surface area contributed by atoms with Crippen LogP contribution in [0.3, 0.4) is 0 Å². The first-order valence-electron chi connectivity index (χ1n) is 2.33. The molecule has 0 aromatic heterocycles. The third kappa shape index (κ3) is 1.37. The van der Waals surface area contributed by atoms with Crippen LogP contribution in [0.15, 0.2) is 24.3 Å². The van der Waals surface area contributed by atoms with Crippen molar-refractivity contribution in [2.24, 2.45) is 0 Å². The normalized spacial score (nSPS) is 12.0. The Labute approximate surface area is 48.9 Å². The Morgan fingerprint density at radius 3 is 1.75 bits per heavy atom. The highest BCUT2D eigenvalue weighted by Crippen LogP contribution is 1.76. The summed E-state index contributed by atoms with van der Waals surface area (Å²) in [6.45, 7) is 0. The van der Waals surface area contributed by atoms with Crippen LogP contribution in [0.4, 0.5) is 0 Å². The number of rotatable bonds is 0. The van der Waals surface area contributed by atoms with E-state index in [2.05, 4.69) is 23.7 Å². The van der Waals surface area contributed by atoms with Gasteiger partial charge in [-0.2, -0.15) is 0 Å². The van der Waals surface area contributed by atoms with E-state index in [0.717, 1.165) is 0 Å². The summed E-state index contributed by atoms with van der Waals surface area (Å²) in [7, 11) is 0. The second-order valence-corrected chi connectivity index (χ2v) is 1.26. The molecule has 0 fully saturated rings. The fraction of sp³-hybridized carbons (Fsp3) is 0. The van der Waals surface area contributed by atoms with Gasteiger partial charge in [-0.1, -0.05) is 24.0 Å². The minimum Gasteiger partial charge on any atom is -0.0608 e. The van der Waals surface area contributed by atoms with Crippen LogP contribution in [0.25, 0.3) is 0 Å². The van der Waals surface area contributed by atoms with Crippen LogP contribution in [0.2, 0.25) is 0 Å². The molecule has 0 N–H and O–H groups in total. The molecule has 36 valence electrons. The van der Waals surface area contributed by atoms with E-state index in [9.17, 15) is 0 Å². The lowest BCUT2D eigenvalue weighted by Crippen LogP contribution is -1.56. The van der Waals surface area contributed by atoms with Crippen LogP contribution in [-0.2, 0) is 0 Å². The predicted molar refractivity (Wildman–Crippen MR) is 33.8 cm³/mol. The number of hydrogen-bond acceptors (Lipinski definition) is 0. The van der Waals surface area contributed by atoms with E-state index in [0.29, 0.717) is 0 Å². The zero-order valence-electron chi connectivity index (χ0n) is 4.31. The molecule has 0 aromatic rings. The Hall–Kier alpha value is -1.40. The standard InChI is InChI=1S/C8H4/c1-2-4-6-8-7-5-3-1/h1-4H. The van der Waals surface area contributed by atoms with Gasteiger partial charge in [0.05, 0.1) is 0 Å². The van der Waals surface area contributed by atoms with Gasteiger partial charge in [0.25, 0.3) is 0 Å². The molecule has 0 radical (unpaired) electrons. The van der Waals surface area contributed by atoms with Crippen molar-refractivity contribution >= 4 is 0 Å². The molecule has 1 aliphatic rings. The Kier molecular flexibility index (Phi) is 1.62. The van der Waals surface area contributed by atoms with Crippen LogP contribution in [0.5, 0.6) is 0 Å². The van der Waals surface area contributed by atoms with Gasteiger partial charge < -0.3 is 0 Å². The zero-order valence-corrected chi connectivity index (χ0v) is 4.31. The van der Waals surface area contributed by atoms with Gasteiger partial charge in [0.1, 0.15) is 0 Å². The summed E-state index contributed by atoms with van der Waals surface area (Å²) < 4.78 is 0. The summed E-state index contributed by atoms with van der Waals surface area (Å²) in [6, 6.07) is 0. The molecule has 0 heterocycles. The van der Waals surface area contributed by atoms with E-state index in [1.165, 1.54) is 0 Å². The van der Waals surface area contributed by atoms with Crippen molar-refractivity contribution in [2.45, 2.75) is 0 Å². The molecule has 8 heavy (non-hydrogen) atoms. The van der Waals surface area contributed by atoms with Crippen LogP contribution < -0.4 is 0 Å². The molecule has 0 bridgehead atoms. The molecule has 0 heteroatoms. The average molecular weight is 100 g/mol. The first kappa shape index (κ1) is 4.75. The molecule has 0 aromatic carbocycles. The Morgan fingerprint density at radius 1 is 0.750 bits per heavy atom. The fourth-order valence-electron chi connectivity index (χ4n) is 0.363. The highest BCUT2D eigenvalue weighted by molar-refractivity contribution is 5.37. The van der Waals surface area contributed by atoms with Gasteiger partial charge in [-0.25, -0.2) is 0 Å². The maximum atomic E-state index is 2.73. The van der Waals surface area contributed by atoms with Crippen molar-refractivity contribution in [3.63, 3.8) is 0 Å². The zero-order chi connectivity index (χ0) is 5.66. The molecule has 0 nitrogen and oxygen atoms in total. The van der Waals surface area contributed by atoms with E-state index in [1.54, 1.807) is 12.2 Å². The number of allylic oxidation sites excluding steroid dienone is 4. The SMILES string of the molecule is C1#CC=CC=CC#C1. The van der Waals surface area contributed by atoms with Crippen molar-refractivity contribution in [3.05, 3.63) is 24.3 Å². The third-order valence-corrected chi connectivity index (χ3v) is 0.677. The Morgan fingerprint density at radius 2 is 1.25 bits per heavy atom. The summed E-state index contributed by atoms with van der Waals surface area (Å²) in [4.78, 5) is 0. The van der Waals surface area contributed by atoms with Gasteiger partial charge in [0.15, 0.2) is 0 Å². The molecular weight excluding hydrogens is 96.1 g/mol. The second-order valence-electron chi connectivity index (χ2n) is 1.26. The third-order valence-electron chi connectivity index (χ3n) is 0.677. The molecule has 0 spiro atoms. The van der Waals surface area contributed by atoms with E-state index in [-0.39, 0.29) is 0 Å². The summed E-state index contributed by atoms with van der Waals surface area (Å²) in [5.74, 6) is 10.7. The molecule has 0 saturated heterocycles. The lowest BCUT2D eigenvalue weighted by molar-refractivity contribution is 1.96. The van der Waals surface area contributed by atoms with Crippen molar-refractivity contribution in [3.8, 4) is 23.7 Å². The van der Waals surface area contributed by atoms with Crippen molar-refractivity contribution in [1.82, 2.24) is 0 Å². The van der Waals surface area contributed by atoms with E-state index >= 15 is 0 Å². The molecule has 0 saturated carbocycles. The smallest absolute Gasteiger partial charge is 0.0102 e. The second kappa shape index (κ2) is 2.72. The average Bonchev–Trinajstić information content (AvgIpc) is 1.62. The Bertz CT molecular complexity index is 205. The molecule has 0 atom stereocenters. The monoisotopic (exact) mass is 100 g/mol. The highest BCUT2D eigenvalue weighted by atomic mass is 13.7. The maximum Gasteiger partial charge on any atom is -0.0102 e. The minimum atomic E-state index is 1.77. The van der Waals surface area contributed by atoms with Gasteiger partial charge in [0, 0.05) is 0 Å². The van der Waals surface area contributed by atoms with Crippen LogP contribution in [-0.4, -0.2) is 0 Å². The van der Waals surface area contributed by atoms with Crippen LogP contribution in [0.1, 0.15) is 0 Å². The van der Waals surface area contributed by atoms with E-state index < -0.39 is 0 Å². The summed E-state index contributed by atoms with van der Waals surface area (Å²) in [5, 5.41) is 0. The quantitative estimate of drug-likeness (QED) is 0.400. The molecule has 0 unspecified atom stereocenters. The van der Waals surface area contributed by atoms with E-state index in [1.807, 2.05) is 12.2 Å². The fourth-order valence-corrected chi connectivity index (χ4v) is 0.363. The largest absolute Gasteiger partial charge is 0.0608 e. The lowest BCUT2D eigenvalue weighted by atomic mass is 10.4. The minimum absolute atomic E-state index is 1.77. The van der Waals surface area contributed by atoms with Gasteiger partial charge in [-0.15, -0.1) is 0 Å². The highest BCUT2D eigenvalue weighted by Gasteiger charge is 1.62. The van der Waals surface area contributed by atoms with Crippen molar-refractivity contribution in [2.75, 3.05) is 0 Å². The summed E-state index contributed by atoms with van der Waals surface area (Å²) >= 11 is 0. The topological polar surface area (TPSA) is 0 Å². The van der Waals surface area contributed by atoms with Gasteiger partial charge in [-0.3, -0.25) is 0 Å². The van der Waals surface area contributed by atoms with Crippen molar-refractivity contribution < 1.29 is 0 Å². The molecule has 0 aliphatic heterocycles. The van der Waals surface area contributed by atoms with Gasteiger partial charge >= 0.3 is 0 Å². The molecule has 1 rings (SSSR count). The molecular formula is C8H4. The van der Waals surface area contributed by atoms with E-state index in [4.69, 9.17) is 0 Å². The summed E-state index contributed by atoms with van der Waals surface area (Å²) in [5.41, 5.74) is 0. The molecule has 1 aliphatic carbocycles. The van der Waals surface area contributed by atoms with Crippen molar-refractivity contribution in [1.29, 1.82) is 0 Å². The first-order chi connectivity index (χ1) is 4.00. The first-order valence-corrected chi connectivity index (χ1v) is 2.33. The maximum absolute atomic E-state index is 2.73. The van der Waals surface area contributed by atoms with Gasteiger partial charge in [0.2, 0.25) is 0 Å². The van der Waals surface area contributed by atoms with Crippen LogP contribution in [0, 0.1) is 23.7 Å². The predicted octanol–water partition coefficient (Wildman–Crippen LogP) is 1.12. The molecule has 0 amide bonds. The number of hydrogen-bond donors (Lipinski definition) is 0. The lowest BCUT2D eigenvalue weighted by Gasteiger charge is -1.68. The summed E-state index contributed by atoms with van der Waals surface area (Å²) in [6.07, 6.45) is 7.26. The van der Waals surface area contributed by atoms with Gasteiger partial charge in [-0.05, 0) is 24.0 Å².